The molecule has 1 aliphatic heterocycles. The lowest BCUT2D eigenvalue weighted by Crippen LogP contribution is -2.24. The molecule has 112 valence electrons. The molecule has 0 aliphatic carbocycles. The van der Waals surface area contributed by atoms with Gasteiger partial charge in [0.05, 0.1) is 12.6 Å². The molecule has 1 aromatic carbocycles. The Hall–Kier alpha value is -1.43. The van der Waals surface area contributed by atoms with Gasteiger partial charge in [0.15, 0.2) is 5.82 Å². The van der Waals surface area contributed by atoms with Crippen LogP contribution in [0, 0.1) is 5.92 Å². The number of aliphatic hydroxyl groups is 1. The first-order valence-electron chi connectivity index (χ1n) is 7.11. The number of hydrogen-bond donors (Lipinski definition) is 1. The van der Waals surface area contributed by atoms with Gasteiger partial charge in [-0.2, -0.15) is 4.98 Å². The van der Waals surface area contributed by atoms with Crippen molar-refractivity contribution in [3.05, 3.63) is 35.1 Å². The normalized spacial score (nSPS) is 20.8. The Morgan fingerprint density at radius 1 is 1.43 bits per heavy atom. The van der Waals surface area contributed by atoms with Crippen molar-refractivity contribution in [2.45, 2.75) is 26.0 Å². The fourth-order valence-electron chi connectivity index (χ4n) is 2.63. The SMILES string of the molecule is CC(O)C1CCN(Cc2noc(-c3ccc(Cl)cc3)n2)C1. The summed E-state index contributed by atoms with van der Waals surface area (Å²) in [6, 6.07) is 7.32. The molecule has 3 rings (SSSR count). The predicted octanol–water partition coefficient (Wildman–Crippen LogP) is 2.59. The molecule has 2 unspecified atom stereocenters. The molecule has 1 saturated heterocycles. The van der Waals surface area contributed by atoms with E-state index in [0.717, 1.165) is 25.1 Å². The molecule has 2 atom stereocenters. The van der Waals surface area contributed by atoms with Crippen LogP contribution in [0.25, 0.3) is 11.5 Å². The number of nitrogens with zero attached hydrogens (tertiary/aromatic N) is 3. The Labute approximate surface area is 128 Å². The number of rotatable bonds is 4. The number of likely N-dealkylation sites (tertiary alicyclic amines) is 1. The first kappa shape index (κ1) is 14.5. The standard InChI is InChI=1S/C15H18ClN3O2/c1-10(20)12-6-7-19(8-12)9-14-17-15(21-18-14)11-2-4-13(16)5-3-11/h2-5,10,12,20H,6-9H2,1H3. The van der Waals surface area contributed by atoms with Crippen LogP contribution in [0.4, 0.5) is 0 Å². The minimum Gasteiger partial charge on any atom is -0.393 e. The molecule has 1 aliphatic rings. The molecule has 2 heterocycles. The third-order valence-corrected chi connectivity index (χ3v) is 4.17. The zero-order chi connectivity index (χ0) is 14.8. The fourth-order valence-corrected chi connectivity index (χ4v) is 2.75. The van der Waals surface area contributed by atoms with Gasteiger partial charge in [-0.25, -0.2) is 0 Å². The van der Waals surface area contributed by atoms with Gasteiger partial charge in [0.25, 0.3) is 5.89 Å². The zero-order valence-electron chi connectivity index (χ0n) is 11.9. The number of aliphatic hydroxyl groups excluding tert-OH is 1. The quantitative estimate of drug-likeness (QED) is 0.940. The minimum absolute atomic E-state index is 0.259. The second-order valence-corrected chi connectivity index (χ2v) is 5.98. The largest absolute Gasteiger partial charge is 0.393 e. The van der Waals surface area contributed by atoms with Crippen molar-refractivity contribution in [3.8, 4) is 11.5 Å². The van der Waals surface area contributed by atoms with E-state index in [4.69, 9.17) is 16.1 Å². The van der Waals surface area contributed by atoms with Gasteiger partial charge in [-0.15, -0.1) is 0 Å². The van der Waals surface area contributed by atoms with E-state index in [0.29, 0.717) is 29.2 Å². The van der Waals surface area contributed by atoms with Crippen molar-refractivity contribution in [2.24, 2.45) is 5.92 Å². The van der Waals surface area contributed by atoms with Crippen LogP contribution in [-0.2, 0) is 6.54 Å². The summed E-state index contributed by atoms with van der Waals surface area (Å²) in [6.45, 7) is 4.34. The lowest BCUT2D eigenvalue weighted by molar-refractivity contribution is 0.127. The summed E-state index contributed by atoms with van der Waals surface area (Å²) in [6.07, 6.45) is 0.754. The number of halogens is 1. The van der Waals surface area contributed by atoms with Gasteiger partial charge in [0.1, 0.15) is 0 Å². The number of aromatic nitrogens is 2. The fraction of sp³-hybridized carbons (Fsp3) is 0.467. The summed E-state index contributed by atoms with van der Waals surface area (Å²) in [7, 11) is 0. The van der Waals surface area contributed by atoms with Crippen LogP contribution < -0.4 is 0 Å². The van der Waals surface area contributed by atoms with Gasteiger partial charge in [0.2, 0.25) is 0 Å². The van der Waals surface area contributed by atoms with Crippen molar-refractivity contribution in [3.63, 3.8) is 0 Å². The van der Waals surface area contributed by atoms with Crippen molar-refractivity contribution in [2.75, 3.05) is 13.1 Å². The van der Waals surface area contributed by atoms with Crippen LogP contribution in [0.15, 0.2) is 28.8 Å². The molecule has 6 heteroatoms. The Morgan fingerprint density at radius 3 is 2.86 bits per heavy atom. The van der Waals surface area contributed by atoms with E-state index in [-0.39, 0.29) is 6.10 Å². The molecule has 0 saturated carbocycles. The molecule has 1 N–H and O–H groups in total. The lowest BCUT2D eigenvalue weighted by Gasteiger charge is -2.15. The molecule has 0 radical (unpaired) electrons. The molecular formula is C15H18ClN3O2. The summed E-state index contributed by atoms with van der Waals surface area (Å²) < 4.78 is 5.29. The lowest BCUT2D eigenvalue weighted by atomic mass is 10.0. The molecule has 0 spiro atoms. The topological polar surface area (TPSA) is 62.4 Å². The van der Waals surface area contributed by atoms with Gasteiger partial charge in [-0.1, -0.05) is 16.8 Å². The van der Waals surface area contributed by atoms with Gasteiger partial charge >= 0.3 is 0 Å². The molecule has 5 nitrogen and oxygen atoms in total. The maximum Gasteiger partial charge on any atom is 0.257 e. The van der Waals surface area contributed by atoms with E-state index in [1.807, 2.05) is 19.1 Å². The molecule has 1 aromatic heterocycles. The Kier molecular flexibility index (Phi) is 4.24. The summed E-state index contributed by atoms with van der Waals surface area (Å²) in [4.78, 5) is 6.66. The first-order chi connectivity index (χ1) is 10.1. The number of hydrogen-bond acceptors (Lipinski definition) is 5. The second-order valence-electron chi connectivity index (χ2n) is 5.55. The maximum atomic E-state index is 9.62. The minimum atomic E-state index is -0.259. The van der Waals surface area contributed by atoms with Gasteiger partial charge in [-0.05, 0) is 50.1 Å². The van der Waals surface area contributed by atoms with E-state index >= 15 is 0 Å². The van der Waals surface area contributed by atoms with Crippen molar-refractivity contribution < 1.29 is 9.63 Å². The average Bonchev–Trinajstić information content (AvgIpc) is 3.10. The molecular weight excluding hydrogens is 290 g/mol. The van der Waals surface area contributed by atoms with Gasteiger partial charge < -0.3 is 9.63 Å². The maximum absolute atomic E-state index is 9.62. The van der Waals surface area contributed by atoms with E-state index in [9.17, 15) is 5.11 Å². The van der Waals surface area contributed by atoms with Crippen LogP contribution in [0.1, 0.15) is 19.2 Å². The summed E-state index contributed by atoms with van der Waals surface area (Å²) in [5.41, 5.74) is 0.862. The highest BCUT2D eigenvalue weighted by Gasteiger charge is 2.26. The van der Waals surface area contributed by atoms with Gasteiger partial charge in [0, 0.05) is 17.1 Å². The van der Waals surface area contributed by atoms with Crippen molar-refractivity contribution in [1.82, 2.24) is 15.0 Å². The van der Waals surface area contributed by atoms with Crippen LogP contribution in [0.5, 0.6) is 0 Å². The van der Waals surface area contributed by atoms with E-state index < -0.39 is 0 Å². The molecule has 0 bridgehead atoms. The van der Waals surface area contributed by atoms with Crippen LogP contribution in [0.2, 0.25) is 5.02 Å². The third-order valence-electron chi connectivity index (χ3n) is 3.92. The van der Waals surface area contributed by atoms with Crippen LogP contribution in [0.3, 0.4) is 0 Å². The highest BCUT2D eigenvalue weighted by atomic mass is 35.5. The van der Waals surface area contributed by atoms with Crippen LogP contribution >= 0.6 is 11.6 Å². The average molecular weight is 308 g/mol. The smallest absolute Gasteiger partial charge is 0.257 e. The summed E-state index contributed by atoms with van der Waals surface area (Å²) >= 11 is 5.86. The van der Waals surface area contributed by atoms with E-state index in [1.165, 1.54) is 0 Å². The molecule has 21 heavy (non-hydrogen) atoms. The first-order valence-corrected chi connectivity index (χ1v) is 7.48. The number of benzene rings is 1. The van der Waals surface area contributed by atoms with Crippen LogP contribution in [-0.4, -0.2) is 39.3 Å². The van der Waals surface area contributed by atoms with E-state index in [2.05, 4.69) is 15.0 Å². The summed E-state index contributed by atoms with van der Waals surface area (Å²) in [5.74, 6) is 1.52. The second kappa shape index (κ2) is 6.13. The zero-order valence-corrected chi connectivity index (χ0v) is 12.6. The summed E-state index contributed by atoms with van der Waals surface area (Å²) in [5, 5.41) is 14.3. The highest BCUT2D eigenvalue weighted by Crippen LogP contribution is 2.23. The third kappa shape index (κ3) is 3.43. The van der Waals surface area contributed by atoms with Crippen molar-refractivity contribution in [1.29, 1.82) is 0 Å². The van der Waals surface area contributed by atoms with Gasteiger partial charge in [-0.3, -0.25) is 4.90 Å². The van der Waals surface area contributed by atoms with E-state index in [1.54, 1.807) is 12.1 Å². The molecule has 1 fully saturated rings. The Bertz CT molecular complexity index is 597. The van der Waals surface area contributed by atoms with Crippen molar-refractivity contribution >= 4 is 11.6 Å². The highest BCUT2D eigenvalue weighted by molar-refractivity contribution is 6.30. The Morgan fingerprint density at radius 2 is 2.19 bits per heavy atom. The Balaban J connectivity index is 1.64. The molecule has 2 aromatic rings. The molecule has 0 amide bonds. The monoisotopic (exact) mass is 307 g/mol. The predicted molar refractivity (Wildman–Crippen MR) is 79.8 cm³/mol.